The van der Waals surface area contributed by atoms with Gasteiger partial charge in [-0.3, -0.25) is 14.9 Å². The molecular weight excluding hydrogens is 500 g/mol. The maximum Gasteiger partial charge on any atom is 0.335 e. The summed E-state index contributed by atoms with van der Waals surface area (Å²) in [5.41, 5.74) is 1.33. The number of carboxylic acid groups (broad SMARTS) is 1. The minimum atomic E-state index is -1.04. The Balaban J connectivity index is 1.43. The van der Waals surface area contributed by atoms with Crippen molar-refractivity contribution >= 4 is 28.8 Å². The molecule has 1 N–H and O–H groups in total. The van der Waals surface area contributed by atoms with Crippen molar-refractivity contribution in [2.75, 3.05) is 0 Å². The molecule has 3 aromatic carbocycles. The standard InChI is InChI=1S/C29H26N4O6/c34-28-23-8-4-5-9-24(23)31-27(21-6-2-1-3-7-21)32(28)30-17-20-12-15-26(25(16-20)33(37)38)39-18-19-10-13-22(14-11-19)29(35)36/h4-5,8-17,21H,1-3,6-7,18H2,(H,35,36). The van der Waals surface area contributed by atoms with E-state index in [0.717, 1.165) is 32.1 Å². The molecule has 198 valence electrons. The van der Waals surface area contributed by atoms with Crippen LogP contribution in [0.4, 0.5) is 5.69 Å². The normalized spacial score (nSPS) is 14.1. The van der Waals surface area contributed by atoms with Crippen molar-refractivity contribution in [2.45, 2.75) is 44.6 Å². The first kappa shape index (κ1) is 25.8. The number of ether oxygens (including phenoxy) is 1. The number of hydrogen-bond acceptors (Lipinski definition) is 7. The summed E-state index contributed by atoms with van der Waals surface area (Å²) in [5.74, 6) is -0.254. The van der Waals surface area contributed by atoms with Gasteiger partial charge in [-0.05, 0) is 54.8 Å². The van der Waals surface area contributed by atoms with E-state index in [4.69, 9.17) is 14.8 Å². The van der Waals surface area contributed by atoms with Gasteiger partial charge >= 0.3 is 11.7 Å². The van der Waals surface area contributed by atoms with Gasteiger partial charge in [0.05, 0.1) is 27.6 Å². The highest BCUT2D eigenvalue weighted by molar-refractivity contribution is 5.87. The van der Waals surface area contributed by atoms with Gasteiger partial charge in [-0.2, -0.15) is 9.78 Å². The zero-order valence-corrected chi connectivity index (χ0v) is 21.0. The fourth-order valence-corrected chi connectivity index (χ4v) is 4.79. The summed E-state index contributed by atoms with van der Waals surface area (Å²) in [6.45, 7) is 0.0249. The van der Waals surface area contributed by atoms with Crippen molar-refractivity contribution in [3.8, 4) is 5.75 Å². The molecule has 5 rings (SSSR count). The van der Waals surface area contributed by atoms with Crippen molar-refractivity contribution in [1.82, 2.24) is 9.66 Å². The third-order valence-corrected chi connectivity index (χ3v) is 6.85. The van der Waals surface area contributed by atoms with E-state index in [9.17, 15) is 19.7 Å². The average Bonchev–Trinajstić information content (AvgIpc) is 2.96. The van der Waals surface area contributed by atoms with Gasteiger partial charge in [0.2, 0.25) is 0 Å². The lowest BCUT2D eigenvalue weighted by atomic mass is 9.88. The van der Waals surface area contributed by atoms with E-state index in [0.29, 0.717) is 27.9 Å². The Morgan fingerprint density at radius 2 is 1.85 bits per heavy atom. The number of nitro groups is 1. The summed E-state index contributed by atoms with van der Waals surface area (Å²) in [6.07, 6.45) is 6.56. The lowest BCUT2D eigenvalue weighted by molar-refractivity contribution is -0.385. The van der Waals surface area contributed by atoms with Gasteiger partial charge in [-0.15, -0.1) is 0 Å². The quantitative estimate of drug-likeness (QED) is 0.181. The van der Waals surface area contributed by atoms with E-state index < -0.39 is 10.9 Å². The molecular formula is C29H26N4O6. The number of hydrogen-bond donors (Lipinski definition) is 1. The molecule has 0 aliphatic heterocycles. The van der Waals surface area contributed by atoms with E-state index in [1.165, 1.54) is 35.2 Å². The topological polar surface area (TPSA) is 137 Å². The Labute approximate surface area is 223 Å². The fourth-order valence-electron chi connectivity index (χ4n) is 4.79. The first-order chi connectivity index (χ1) is 18.9. The van der Waals surface area contributed by atoms with E-state index in [2.05, 4.69) is 5.10 Å². The second kappa shape index (κ2) is 11.3. The molecule has 0 radical (unpaired) electrons. The van der Waals surface area contributed by atoms with Gasteiger partial charge in [0.15, 0.2) is 5.75 Å². The highest BCUT2D eigenvalue weighted by Gasteiger charge is 2.22. The van der Waals surface area contributed by atoms with Gasteiger partial charge < -0.3 is 9.84 Å². The Kier molecular flexibility index (Phi) is 7.44. The molecule has 0 spiro atoms. The minimum absolute atomic E-state index is 0.0249. The van der Waals surface area contributed by atoms with Crippen LogP contribution in [0.3, 0.4) is 0 Å². The second-order valence-electron chi connectivity index (χ2n) is 9.46. The van der Waals surface area contributed by atoms with E-state index >= 15 is 0 Å². The molecule has 1 saturated carbocycles. The highest BCUT2D eigenvalue weighted by atomic mass is 16.6. The van der Waals surface area contributed by atoms with Crippen molar-refractivity contribution in [2.24, 2.45) is 5.10 Å². The Morgan fingerprint density at radius 1 is 1.10 bits per heavy atom. The second-order valence-corrected chi connectivity index (χ2v) is 9.46. The van der Waals surface area contributed by atoms with Gasteiger partial charge in [0, 0.05) is 17.5 Å². The largest absolute Gasteiger partial charge is 0.482 e. The van der Waals surface area contributed by atoms with Crippen LogP contribution >= 0.6 is 0 Å². The fraction of sp³-hybridized carbons (Fsp3) is 0.241. The highest BCUT2D eigenvalue weighted by Crippen LogP contribution is 2.32. The molecule has 0 atom stereocenters. The van der Waals surface area contributed by atoms with Crippen LogP contribution in [-0.4, -0.2) is 31.9 Å². The number of rotatable bonds is 8. The van der Waals surface area contributed by atoms with Crippen LogP contribution in [-0.2, 0) is 6.61 Å². The number of aromatic nitrogens is 2. The number of carboxylic acids is 1. The molecule has 10 heteroatoms. The van der Waals surface area contributed by atoms with Crippen LogP contribution in [0.15, 0.2) is 76.6 Å². The number of para-hydroxylation sites is 1. The molecule has 4 aromatic rings. The third kappa shape index (κ3) is 5.69. The van der Waals surface area contributed by atoms with Crippen molar-refractivity contribution < 1.29 is 19.6 Å². The molecule has 0 unspecified atom stereocenters. The van der Waals surface area contributed by atoms with Crippen LogP contribution in [0.1, 0.15) is 65.3 Å². The molecule has 10 nitrogen and oxygen atoms in total. The molecule has 1 aliphatic rings. The van der Waals surface area contributed by atoms with E-state index in [-0.39, 0.29) is 35.1 Å². The van der Waals surface area contributed by atoms with Crippen molar-refractivity contribution in [3.05, 3.63) is 110 Å². The first-order valence-corrected chi connectivity index (χ1v) is 12.7. The predicted octanol–water partition coefficient (Wildman–Crippen LogP) is 5.51. The number of nitro benzene ring substituents is 1. The summed E-state index contributed by atoms with van der Waals surface area (Å²) in [6, 6.07) is 17.7. The average molecular weight is 527 g/mol. The third-order valence-electron chi connectivity index (χ3n) is 6.85. The number of fused-ring (bicyclic) bond motifs is 1. The summed E-state index contributed by atoms with van der Waals surface area (Å²) in [5, 5.41) is 25.7. The Bertz CT molecular complexity index is 1620. The van der Waals surface area contributed by atoms with Gasteiger partial charge in [0.1, 0.15) is 12.4 Å². The minimum Gasteiger partial charge on any atom is -0.482 e. The zero-order valence-electron chi connectivity index (χ0n) is 21.0. The lowest BCUT2D eigenvalue weighted by Gasteiger charge is -2.22. The van der Waals surface area contributed by atoms with Crippen LogP contribution in [0.5, 0.6) is 5.75 Å². The zero-order chi connectivity index (χ0) is 27.4. The van der Waals surface area contributed by atoms with E-state index in [1.54, 1.807) is 30.3 Å². The van der Waals surface area contributed by atoms with Crippen molar-refractivity contribution in [3.63, 3.8) is 0 Å². The van der Waals surface area contributed by atoms with Crippen LogP contribution in [0, 0.1) is 10.1 Å². The summed E-state index contributed by atoms with van der Waals surface area (Å²) < 4.78 is 7.00. The smallest absolute Gasteiger partial charge is 0.335 e. The first-order valence-electron chi connectivity index (χ1n) is 12.7. The summed E-state index contributed by atoms with van der Waals surface area (Å²) in [4.78, 5) is 40.4. The Hall–Kier alpha value is -4.86. The maximum atomic E-state index is 13.4. The van der Waals surface area contributed by atoms with Crippen LogP contribution in [0.2, 0.25) is 0 Å². The van der Waals surface area contributed by atoms with Crippen molar-refractivity contribution in [1.29, 1.82) is 0 Å². The SMILES string of the molecule is O=C(O)c1ccc(COc2ccc(C=Nn3c(C4CCCCC4)nc4ccccc4c3=O)cc2[N+](=O)[O-])cc1. The summed E-state index contributed by atoms with van der Waals surface area (Å²) in [7, 11) is 0. The van der Waals surface area contributed by atoms with Gasteiger partial charge in [-0.25, -0.2) is 9.78 Å². The number of benzene rings is 3. The van der Waals surface area contributed by atoms with Crippen LogP contribution < -0.4 is 10.3 Å². The molecule has 0 bridgehead atoms. The number of aromatic carboxylic acids is 1. The van der Waals surface area contributed by atoms with E-state index in [1.807, 2.05) is 12.1 Å². The molecule has 0 amide bonds. The number of nitrogens with zero attached hydrogens (tertiary/aromatic N) is 4. The predicted molar refractivity (Wildman–Crippen MR) is 146 cm³/mol. The Morgan fingerprint density at radius 3 is 2.56 bits per heavy atom. The van der Waals surface area contributed by atoms with Gasteiger partial charge in [-0.1, -0.05) is 43.5 Å². The molecule has 1 aromatic heterocycles. The number of carbonyl (C=O) groups is 1. The molecule has 39 heavy (non-hydrogen) atoms. The van der Waals surface area contributed by atoms with Crippen LogP contribution in [0.25, 0.3) is 10.9 Å². The summed E-state index contributed by atoms with van der Waals surface area (Å²) >= 11 is 0. The maximum absolute atomic E-state index is 13.4. The molecule has 0 saturated heterocycles. The molecule has 1 heterocycles. The molecule has 1 aliphatic carbocycles. The lowest BCUT2D eigenvalue weighted by Crippen LogP contribution is -2.25. The monoisotopic (exact) mass is 526 g/mol. The molecule has 1 fully saturated rings. The van der Waals surface area contributed by atoms with Gasteiger partial charge in [0.25, 0.3) is 5.56 Å².